The Labute approximate surface area is 84.7 Å². The maximum atomic E-state index is 11.8. The molecule has 0 bridgehead atoms. The summed E-state index contributed by atoms with van der Waals surface area (Å²) in [4.78, 5) is 13.7. The van der Waals surface area contributed by atoms with Crippen LogP contribution in [0.5, 0.6) is 0 Å². The topological polar surface area (TPSA) is 17.1 Å². The number of carbonyl (C=O) groups is 1. The third kappa shape index (κ3) is 1.57. The Morgan fingerprint density at radius 1 is 1.23 bits per heavy atom. The first-order chi connectivity index (χ1) is 6.29. The van der Waals surface area contributed by atoms with Gasteiger partial charge >= 0.3 is 0 Å². The number of ketones is 1. The van der Waals surface area contributed by atoms with Crippen LogP contribution in [0, 0.1) is 6.92 Å². The number of hydrogen-bond acceptors (Lipinski definition) is 3. The van der Waals surface area contributed by atoms with E-state index >= 15 is 0 Å². The fraction of sp³-hybridized carbons (Fsp3) is 0.100. The molecule has 0 saturated carbocycles. The van der Waals surface area contributed by atoms with Crippen LogP contribution < -0.4 is 0 Å². The van der Waals surface area contributed by atoms with Crippen molar-refractivity contribution in [3.8, 4) is 0 Å². The van der Waals surface area contributed by atoms with Crippen molar-refractivity contribution in [2.75, 3.05) is 0 Å². The molecular weight excluding hydrogens is 200 g/mol. The molecule has 0 unspecified atom stereocenters. The van der Waals surface area contributed by atoms with Gasteiger partial charge in [0, 0.05) is 10.4 Å². The molecule has 0 radical (unpaired) electrons. The predicted octanol–water partition coefficient (Wildman–Crippen LogP) is 3.35. The lowest BCUT2D eigenvalue weighted by Crippen LogP contribution is -1.97. The Bertz CT molecular complexity index is 412. The molecule has 0 aromatic carbocycles. The Balaban J connectivity index is 2.39. The zero-order chi connectivity index (χ0) is 9.26. The zero-order valence-corrected chi connectivity index (χ0v) is 8.74. The molecule has 0 spiro atoms. The van der Waals surface area contributed by atoms with Gasteiger partial charge < -0.3 is 0 Å². The number of aryl methyl sites for hydroxylation is 1. The van der Waals surface area contributed by atoms with Gasteiger partial charge in [0.1, 0.15) is 0 Å². The highest BCUT2D eigenvalue weighted by Gasteiger charge is 2.12. The van der Waals surface area contributed by atoms with Crippen molar-refractivity contribution in [2.24, 2.45) is 0 Å². The van der Waals surface area contributed by atoms with Crippen LogP contribution in [0.2, 0.25) is 0 Å². The fourth-order valence-corrected chi connectivity index (χ4v) is 2.53. The minimum absolute atomic E-state index is 0.147. The quantitative estimate of drug-likeness (QED) is 0.692. The van der Waals surface area contributed by atoms with Crippen LogP contribution in [0.4, 0.5) is 0 Å². The SMILES string of the molecule is Cc1sccc1C(=O)c1cccs1. The summed E-state index contributed by atoms with van der Waals surface area (Å²) in [5.74, 6) is 0.147. The monoisotopic (exact) mass is 208 g/mol. The van der Waals surface area contributed by atoms with Crippen LogP contribution in [0.3, 0.4) is 0 Å². The normalized spacial score (nSPS) is 10.2. The lowest BCUT2D eigenvalue weighted by molar-refractivity contribution is 0.104. The van der Waals surface area contributed by atoms with Gasteiger partial charge in [-0.3, -0.25) is 4.79 Å². The molecule has 0 fully saturated rings. The maximum Gasteiger partial charge on any atom is 0.204 e. The van der Waals surface area contributed by atoms with Crippen LogP contribution in [-0.2, 0) is 0 Å². The molecule has 3 heteroatoms. The lowest BCUT2D eigenvalue weighted by atomic mass is 10.1. The summed E-state index contributed by atoms with van der Waals surface area (Å²) in [7, 11) is 0. The van der Waals surface area contributed by atoms with E-state index in [2.05, 4.69) is 0 Å². The lowest BCUT2D eigenvalue weighted by Gasteiger charge is -1.94. The first-order valence-corrected chi connectivity index (χ1v) is 5.67. The van der Waals surface area contributed by atoms with Gasteiger partial charge in [0.15, 0.2) is 0 Å². The Hall–Kier alpha value is -0.930. The van der Waals surface area contributed by atoms with Gasteiger partial charge in [0.2, 0.25) is 5.78 Å². The molecular formula is C10H8OS2. The second-order valence-corrected chi connectivity index (χ2v) is 4.76. The van der Waals surface area contributed by atoms with E-state index < -0.39 is 0 Å². The molecule has 2 aromatic heterocycles. The van der Waals surface area contributed by atoms with E-state index in [4.69, 9.17) is 0 Å². The van der Waals surface area contributed by atoms with E-state index in [0.29, 0.717) is 0 Å². The average Bonchev–Trinajstić information content (AvgIpc) is 2.72. The molecule has 1 nitrogen and oxygen atoms in total. The van der Waals surface area contributed by atoms with Crippen molar-refractivity contribution in [2.45, 2.75) is 6.92 Å². The van der Waals surface area contributed by atoms with E-state index in [-0.39, 0.29) is 5.78 Å². The summed E-state index contributed by atoms with van der Waals surface area (Å²) in [6.45, 7) is 1.98. The van der Waals surface area contributed by atoms with Gasteiger partial charge in [-0.1, -0.05) is 6.07 Å². The first-order valence-electron chi connectivity index (χ1n) is 3.91. The molecule has 2 heterocycles. The van der Waals surface area contributed by atoms with E-state index in [9.17, 15) is 4.79 Å². The number of rotatable bonds is 2. The van der Waals surface area contributed by atoms with Crippen LogP contribution in [-0.4, -0.2) is 5.78 Å². The Morgan fingerprint density at radius 2 is 2.08 bits per heavy atom. The Morgan fingerprint density at radius 3 is 2.62 bits per heavy atom. The molecule has 0 N–H and O–H groups in total. The van der Waals surface area contributed by atoms with Crippen molar-refractivity contribution >= 4 is 28.5 Å². The molecule has 0 saturated heterocycles. The molecule has 0 aliphatic rings. The van der Waals surface area contributed by atoms with Gasteiger partial charge in [-0.25, -0.2) is 0 Å². The van der Waals surface area contributed by atoms with Crippen molar-refractivity contribution in [1.82, 2.24) is 0 Å². The average molecular weight is 208 g/mol. The summed E-state index contributed by atoms with van der Waals surface area (Å²) >= 11 is 3.11. The third-order valence-corrected chi connectivity index (χ3v) is 3.56. The van der Waals surface area contributed by atoms with Crippen LogP contribution in [0.15, 0.2) is 29.0 Å². The van der Waals surface area contributed by atoms with Crippen molar-refractivity contribution in [3.63, 3.8) is 0 Å². The van der Waals surface area contributed by atoms with Crippen molar-refractivity contribution in [1.29, 1.82) is 0 Å². The van der Waals surface area contributed by atoms with Gasteiger partial charge in [-0.2, -0.15) is 0 Å². The molecule has 0 amide bonds. The molecule has 0 atom stereocenters. The zero-order valence-electron chi connectivity index (χ0n) is 7.11. The van der Waals surface area contributed by atoms with Crippen LogP contribution in [0.25, 0.3) is 0 Å². The fourth-order valence-electron chi connectivity index (χ4n) is 1.16. The number of carbonyl (C=O) groups excluding carboxylic acids is 1. The maximum absolute atomic E-state index is 11.8. The molecule has 2 aromatic rings. The number of hydrogen-bond donors (Lipinski definition) is 0. The van der Waals surface area contributed by atoms with Gasteiger partial charge in [0.25, 0.3) is 0 Å². The van der Waals surface area contributed by atoms with Gasteiger partial charge in [-0.05, 0) is 29.8 Å². The molecule has 2 rings (SSSR count). The van der Waals surface area contributed by atoms with Crippen molar-refractivity contribution in [3.05, 3.63) is 44.3 Å². The van der Waals surface area contributed by atoms with Crippen LogP contribution in [0.1, 0.15) is 20.1 Å². The van der Waals surface area contributed by atoms with Gasteiger partial charge in [-0.15, -0.1) is 22.7 Å². The third-order valence-electron chi connectivity index (χ3n) is 1.85. The van der Waals surface area contributed by atoms with E-state index in [1.54, 1.807) is 11.3 Å². The summed E-state index contributed by atoms with van der Waals surface area (Å²) < 4.78 is 0. The molecule has 0 aliphatic carbocycles. The smallest absolute Gasteiger partial charge is 0.204 e. The summed E-state index contributed by atoms with van der Waals surface area (Å²) in [6, 6.07) is 5.66. The van der Waals surface area contributed by atoms with Gasteiger partial charge in [0.05, 0.1) is 4.88 Å². The summed E-state index contributed by atoms with van der Waals surface area (Å²) in [6.07, 6.45) is 0. The number of thiophene rings is 2. The second kappa shape index (κ2) is 3.44. The molecule has 0 aliphatic heterocycles. The molecule has 66 valence electrons. The summed E-state index contributed by atoms with van der Waals surface area (Å²) in [5, 5.41) is 3.88. The molecule has 13 heavy (non-hydrogen) atoms. The largest absolute Gasteiger partial charge is 0.288 e. The van der Waals surface area contributed by atoms with E-state index in [1.165, 1.54) is 11.3 Å². The standard InChI is InChI=1S/C10H8OS2/c1-7-8(4-6-12-7)10(11)9-3-2-5-13-9/h2-6H,1H3. The summed E-state index contributed by atoms with van der Waals surface area (Å²) in [5.41, 5.74) is 0.840. The minimum atomic E-state index is 0.147. The van der Waals surface area contributed by atoms with E-state index in [1.807, 2.05) is 35.9 Å². The highest BCUT2D eigenvalue weighted by atomic mass is 32.1. The first kappa shape index (κ1) is 8.66. The van der Waals surface area contributed by atoms with E-state index in [0.717, 1.165) is 15.3 Å². The van der Waals surface area contributed by atoms with Crippen LogP contribution >= 0.6 is 22.7 Å². The minimum Gasteiger partial charge on any atom is -0.288 e. The highest BCUT2D eigenvalue weighted by Crippen LogP contribution is 2.21. The highest BCUT2D eigenvalue weighted by molar-refractivity contribution is 7.12. The van der Waals surface area contributed by atoms with Crippen molar-refractivity contribution < 1.29 is 4.79 Å². The predicted molar refractivity (Wildman–Crippen MR) is 56.8 cm³/mol. The second-order valence-electron chi connectivity index (χ2n) is 2.70. The Kier molecular flexibility index (Phi) is 2.29.